The number of carbonyl (C=O) groups excluding carboxylic acids is 2. The van der Waals surface area contributed by atoms with Crippen LogP contribution in [0.4, 0.5) is 11.7 Å². The van der Waals surface area contributed by atoms with Crippen LogP contribution in [-0.2, 0) is 14.6 Å². The molecule has 3 aromatic rings. The summed E-state index contributed by atoms with van der Waals surface area (Å²) in [4.78, 5) is 26.6. The smallest absolute Gasteiger partial charge is 0.322 e. The van der Waals surface area contributed by atoms with Crippen molar-refractivity contribution >= 4 is 33.4 Å². The van der Waals surface area contributed by atoms with Gasteiger partial charge in [0.25, 0.3) is 5.91 Å². The van der Waals surface area contributed by atoms with E-state index < -0.39 is 15.7 Å². The summed E-state index contributed by atoms with van der Waals surface area (Å²) in [6.45, 7) is 0.297. The second-order valence-corrected chi connectivity index (χ2v) is 9.32. The van der Waals surface area contributed by atoms with Crippen molar-refractivity contribution in [1.29, 1.82) is 0 Å². The Morgan fingerprint density at radius 1 is 1.12 bits per heavy atom. The van der Waals surface area contributed by atoms with E-state index in [0.29, 0.717) is 23.5 Å². The highest BCUT2D eigenvalue weighted by atomic mass is 32.2. The highest BCUT2D eigenvalue weighted by Crippen LogP contribution is 2.32. The molecule has 1 N–H and O–H groups in total. The molecule has 166 valence electrons. The molecule has 1 unspecified atom stereocenters. The van der Waals surface area contributed by atoms with Gasteiger partial charge in [0.1, 0.15) is 5.75 Å². The van der Waals surface area contributed by atoms with Crippen LogP contribution in [0.2, 0.25) is 0 Å². The molecule has 1 saturated heterocycles. The van der Waals surface area contributed by atoms with E-state index in [1.54, 1.807) is 36.4 Å². The lowest BCUT2D eigenvalue weighted by atomic mass is 10.1. The van der Waals surface area contributed by atoms with Crippen molar-refractivity contribution in [3.8, 4) is 5.75 Å². The molecule has 0 bridgehead atoms. The third kappa shape index (κ3) is 4.47. The highest BCUT2D eigenvalue weighted by molar-refractivity contribution is 7.90. The van der Waals surface area contributed by atoms with Crippen LogP contribution in [0.25, 0.3) is 0 Å². The molecule has 0 radical (unpaired) electrons. The zero-order valence-electron chi connectivity index (χ0n) is 17.3. The molecule has 1 fully saturated rings. The number of methoxy groups -OCH3 is 1. The van der Waals surface area contributed by atoms with Gasteiger partial charge in [0.2, 0.25) is 11.8 Å². The van der Waals surface area contributed by atoms with E-state index in [1.807, 2.05) is 0 Å². The summed E-state index contributed by atoms with van der Waals surface area (Å²) >= 11 is 0. The highest BCUT2D eigenvalue weighted by Gasteiger charge is 2.35. The maximum Gasteiger partial charge on any atom is 0.322 e. The molecule has 32 heavy (non-hydrogen) atoms. The Hall–Kier alpha value is -3.73. The van der Waals surface area contributed by atoms with E-state index in [2.05, 4.69) is 15.5 Å². The number of nitrogens with one attached hydrogen (secondary N) is 1. The molecule has 4 rings (SSSR count). The average Bonchev–Trinajstić information content (AvgIpc) is 3.39. The van der Waals surface area contributed by atoms with Crippen LogP contribution in [0.5, 0.6) is 5.75 Å². The molecule has 0 saturated carbocycles. The van der Waals surface area contributed by atoms with E-state index in [0.717, 1.165) is 6.26 Å². The van der Waals surface area contributed by atoms with Gasteiger partial charge in [-0.3, -0.25) is 14.9 Å². The Bertz CT molecular complexity index is 1250. The number of benzene rings is 2. The lowest BCUT2D eigenvalue weighted by Gasteiger charge is -2.16. The van der Waals surface area contributed by atoms with Crippen molar-refractivity contribution in [2.45, 2.75) is 17.2 Å². The van der Waals surface area contributed by atoms with Gasteiger partial charge in [-0.2, -0.15) is 0 Å². The van der Waals surface area contributed by atoms with Gasteiger partial charge < -0.3 is 14.1 Å². The Morgan fingerprint density at radius 3 is 2.44 bits per heavy atom. The Labute approximate surface area is 184 Å². The van der Waals surface area contributed by atoms with Crippen molar-refractivity contribution in [1.82, 2.24) is 10.2 Å². The quantitative estimate of drug-likeness (QED) is 0.597. The second-order valence-electron chi connectivity index (χ2n) is 7.30. The molecule has 1 aliphatic heterocycles. The van der Waals surface area contributed by atoms with Crippen LogP contribution in [0, 0.1) is 0 Å². The largest absolute Gasteiger partial charge is 0.497 e. The predicted octanol–water partition coefficient (Wildman–Crippen LogP) is 2.25. The number of hydrogen-bond acceptors (Lipinski definition) is 8. The van der Waals surface area contributed by atoms with Gasteiger partial charge in [-0.05, 0) is 48.5 Å². The maximum atomic E-state index is 12.5. The van der Waals surface area contributed by atoms with Crippen LogP contribution in [0.15, 0.2) is 57.8 Å². The molecule has 11 heteroatoms. The van der Waals surface area contributed by atoms with Gasteiger partial charge in [0.05, 0.1) is 17.9 Å². The Morgan fingerprint density at radius 2 is 1.81 bits per heavy atom. The fourth-order valence-corrected chi connectivity index (χ4v) is 3.99. The number of ether oxygens (including phenoxy) is 1. The first kappa shape index (κ1) is 21.5. The molecular weight excluding hydrogens is 436 g/mol. The topological polar surface area (TPSA) is 132 Å². The second kappa shape index (κ2) is 8.42. The standard InChI is InChI=1S/C21H20N4O6S/c1-30-16-7-3-13(4-8-16)19(27)22-21-24-23-20(31-21)14-11-18(26)25(12-14)15-5-9-17(10-6-15)32(2,28)29/h3-10,14H,11-12H2,1-2H3,(H,22,24,27). The fraction of sp³-hybridized carbons (Fsp3) is 0.238. The van der Waals surface area contributed by atoms with Gasteiger partial charge in [-0.1, -0.05) is 5.10 Å². The fourth-order valence-electron chi connectivity index (χ4n) is 3.36. The zero-order valence-corrected chi connectivity index (χ0v) is 18.1. The Kier molecular flexibility index (Phi) is 5.66. The number of aromatic nitrogens is 2. The van der Waals surface area contributed by atoms with Gasteiger partial charge in [0, 0.05) is 30.5 Å². The van der Waals surface area contributed by atoms with Gasteiger partial charge in [-0.25, -0.2) is 8.42 Å². The minimum absolute atomic E-state index is 0.0655. The molecule has 2 amide bonds. The molecule has 1 atom stereocenters. The molecule has 1 aromatic heterocycles. The van der Waals surface area contributed by atoms with Crippen molar-refractivity contribution in [2.24, 2.45) is 0 Å². The minimum atomic E-state index is -3.32. The molecular formula is C21H20N4O6S. The normalized spacial score (nSPS) is 16.2. The lowest BCUT2D eigenvalue weighted by molar-refractivity contribution is -0.117. The minimum Gasteiger partial charge on any atom is -0.497 e. The van der Waals surface area contributed by atoms with E-state index >= 15 is 0 Å². The third-order valence-electron chi connectivity index (χ3n) is 5.06. The SMILES string of the molecule is COc1ccc(C(=O)Nc2nnc(C3CC(=O)N(c4ccc(S(C)(=O)=O)cc4)C3)o2)cc1. The first-order chi connectivity index (χ1) is 15.2. The zero-order chi connectivity index (χ0) is 22.9. The summed E-state index contributed by atoms with van der Waals surface area (Å²) in [7, 11) is -1.78. The van der Waals surface area contributed by atoms with E-state index in [4.69, 9.17) is 9.15 Å². The Balaban J connectivity index is 1.43. The predicted molar refractivity (Wildman–Crippen MR) is 115 cm³/mol. The van der Waals surface area contributed by atoms with Crippen LogP contribution in [0.1, 0.15) is 28.6 Å². The van der Waals surface area contributed by atoms with E-state index in [-0.39, 0.29) is 35.0 Å². The number of hydrogen-bond donors (Lipinski definition) is 1. The summed E-state index contributed by atoms with van der Waals surface area (Å²) in [6.07, 6.45) is 1.28. The first-order valence-electron chi connectivity index (χ1n) is 9.64. The third-order valence-corrected chi connectivity index (χ3v) is 6.19. The monoisotopic (exact) mass is 456 g/mol. The summed E-state index contributed by atoms with van der Waals surface area (Å²) < 4.78 is 33.9. The van der Waals surface area contributed by atoms with Crippen LogP contribution in [-0.4, -0.2) is 50.3 Å². The van der Waals surface area contributed by atoms with Gasteiger partial charge in [0.15, 0.2) is 9.84 Å². The average molecular weight is 456 g/mol. The summed E-state index contributed by atoms with van der Waals surface area (Å²) in [6, 6.07) is 12.6. The van der Waals surface area contributed by atoms with Crippen molar-refractivity contribution in [2.75, 3.05) is 30.1 Å². The van der Waals surface area contributed by atoms with Crippen LogP contribution < -0.4 is 15.0 Å². The summed E-state index contributed by atoms with van der Waals surface area (Å²) in [5.74, 6) is -0.0556. The molecule has 0 aliphatic carbocycles. The number of carbonyl (C=O) groups is 2. The number of anilines is 2. The van der Waals surface area contributed by atoms with Crippen molar-refractivity contribution in [3.63, 3.8) is 0 Å². The van der Waals surface area contributed by atoms with Gasteiger partial charge in [-0.15, -0.1) is 5.10 Å². The van der Waals surface area contributed by atoms with Crippen LogP contribution >= 0.6 is 0 Å². The summed E-state index contributed by atoms with van der Waals surface area (Å²) in [5, 5.41) is 10.4. The first-order valence-corrected chi connectivity index (χ1v) is 11.5. The number of nitrogens with zero attached hydrogens (tertiary/aromatic N) is 3. The van der Waals surface area contributed by atoms with Crippen LogP contribution in [0.3, 0.4) is 0 Å². The maximum absolute atomic E-state index is 12.5. The lowest BCUT2D eigenvalue weighted by Crippen LogP contribution is -2.24. The molecule has 0 spiro atoms. The molecule has 2 aromatic carbocycles. The molecule has 2 heterocycles. The van der Waals surface area contributed by atoms with E-state index in [9.17, 15) is 18.0 Å². The summed E-state index contributed by atoms with van der Waals surface area (Å²) in [5.41, 5.74) is 0.975. The number of amides is 2. The van der Waals surface area contributed by atoms with E-state index in [1.165, 1.54) is 24.1 Å². The number of sulfone groups is 1. The number of rotatable bonds is 6. The molecule has 10 nitrogen and oxygen atoms in total. The van der Waals surface area contributed by atoms with Crippen molar-refractivity contribution < 1.29 is 27.2 Å². The van der Waals surface area contributed by atoms with Crippen molar-refractivity contribution in [3.05, 3.63) is 60.0 Å². The van der Waals surface area contributed by atoms with Gasteiger partial charge >= 0.3 is 6.01 Å². The molecule has 1 aliphatic rings.